The van der Waals surface area contributed by atoms with Gasteiger partial charge in [-0.3, -0.25) is 4.21 Å². The lowest BCUT2D eigenvalue weighted by Crippen LogP contribution is -2.34. The molecule has 0 amide bonds. The van der Waals surface area contributed by atoms with E-state index in [1.807, 2.05) is 0 Å². The molecule has 3 rings (SSSR count). The van der Waals surface area contributed by atoms with E-state index in [9.17, 15) is 4.21 Å². The van der Waals surface area contributed by atoms with Crippen LogP contribution in [0, 0.1) is 0 Å². The number of aryl methyl sites for hydroxylation is 1. The normalized spacial score (nSPS) is 24.0. The highest BCUT2D eigenvalue weighted by Gasteiger charge is 2.23. The van der Waals surface area contributed by atoms with Gasteiger partial charge >= 0.3 is 0 Å². The van der Waals surface area contributed by atoms with Crippen LogP contribution < -0.4 is 4.90 Å². The van der Waals surface area contributed by atoms with E-state index < -0.39 is 10.8 Å². The highest BCUT2D eigenvalue weighted by molar-refractivity contribution is 7.85. The minimum Gasteiger partial charge on any atom is -0.352 e. The van der Waals surface area contributed by atoms with Gasteiger partial charge in [-0.1, -0.05) is 6.92 Å². The van der Waals surface area contributed by atoms with E-state index in [0.717, 1.165) is 46.9 Å². The first-order valence-electron chi connectivity index (χ1n) is 7.04. The van der Waals surface area contributed by atoms with Crippen molar-refractivity contribution in [3.05, 3.63) is 17.3 Å². The molecule has 0 aromatic carbocycles. The Labute approximate surface area is 125 Å². The molecule has 4 nitrogen and oxygen atoms in total. The number of rotatable bonds is 2. The van der Waals surface area contributed by atoms with Gasteiger partial charge in [0.15, 0.2) is 0 Å². The summed E-state index contributed by atoms with van der Waals surface area (Å²) < 4.78 is 11.8. The number of nitrogens with zero attached hydrogens (tertiary/aromatic N) is 3. The van der Waals surface area contributed by atoms with Crippen molar-refractivity contribution < 1.29 is 4.21 Å². The van der Waals surface area contributed by atoms with Gasteiger partial charge in [0.25, 0.3) is 0 Å². The van der Waals surface area contributed by atoms with Gasteiger partial charge < -0.3 is 4.90 Å². The first kappa shape index (κ1) is 13.9. The fourth-order valence-electron chi connectivity index (χ4n) is 2.59. The Morgan fingerprint density at radius 3 is 3.10 bits per heavy atom. The lowest BCUT2D eigenvalue weighted by atomic mass is 10.2. The van der Waals surface area contributed by atoms with Crippen molar-refractivity contribution in [2.75, 3.05) is 23.0 Å². The van der Waals surface area contributed by atoms with Crippen molar-refractivity contribution in [3.8, 4) is 0 Å². The van der Waals surface area contributed by atoms with Crippen molar-refractivity contribution in [1.29, 1.82) is 0 Å². The van der Waals surface area contributed by atoms with E-state index in [2.05, 4.69) is 34.8 Å². The highest BCUT2D eigenvalue weighted by atomic mass is 32.2. The zero-order valence-corrected chi connectivity index (χ0v) is 13.5. The maximum Gasteiger partial charge on any atom is 0.141 e. The molecule has 3 heterocycles. The maximum absolute atomic E-state index is 11.8. The largest absolute Gasteiger partial charge is 0.352 e. The third-order valence-electron chi connectivity index (χ3n) is 3.84. The van der Waals surface area contributed by atoms with E-state index in [0.29, 0.717) is 6.04 Å². The average Bonchev–Trinajstić information content (AvgIpc) is 2.81. The van der Waals surface area contributed by atoms with Crippen LogP contribution in [0.2, 0.25) is 0 Å². The van der Waals surface area contributed by atoms with Crippen LogP contribution in [0.5, 0.6) is 0 Å². The molecule has 0 spiro atoms. The van der Waals surface area contributed by atoms with Crippen LogP contribution in [0.25, 0.3) is 10.2 Å². The molecule has 0 bridgehead atoms. The molecule has 0 radical (unpaired) electrons. The topological polar surface area (TPSA) is 46.1 Å². The summed E-state index contributed by atoms with van der Waals surface area (Å²) in [7, 11) is -0.685. The van der Waals surface area contributed by atoms with Crippen LogP contribution in [0.1, 0.15) is 25.1 Å². The minimum absolute atomic E-state index is 0.379. The minimum atomic E-state index is -0.685. The number of anilines is 1. The van der Waals surface area contributed by atoms with E-state index in [1.54, 1.807) is 17.7 Å². The number of fused-ring (bicyclic) bond motifs is 1. The summed E-state index contributed by atoms with van der Waals surface area (Å²) in [6, 6.07) is 2.59. The fourth-order valence-corrected chi connectivity index (χ4v) is 4.73. The Morgan fingerprint density at radius 2 is 2.30 bits per heavy atom. The van der Waals surface area contributed by atoms with Gasteiger partial charge in [0.05, 0.1) is 5.39 Å². The average molecular weight is 309 g/mol. The molecule has 1 saturated heterocycles. The van der Waals surface area contributed by atoms with E-state index in [4.69, 9.17) is 0 Å². The molecule has 0 aliphatic carbocycles. The molecular weight excluding hydrogens is 290 g/mol. The summed E-state index contributed by atoms with van der Waals surface area (Å²) in [6.45, 7) is 5.18. The summed E-state index contributed by atoms with van der Waals surface area (Å²) in [5, 5.41) is 1.15. The zero-order valence-electron chi connectivity index (χ0n) is 11.8. The molecule has 0 unspecified atom stereocenters. The fraction of sp³-hybridized carbons (Fsp3) is 0.571. The van der Waals surface area contributed by atoms with Gasteiger partial charge in [-0.15, -0.1) is 11.3 Å². The van der Waals surface area contributed by atoms with E-state index >= 15 is 0 Å². The highest BCUT2D eigenvalue weighted by Crippen LogP contribution is 2.32. The summed E-state index contributed by atoms with van der Waals surface area (Å²) in [5.41, 5.74) is 0. The molecule has 1 fully saturated rings. The SMILES string of the molecule is CCc1cc2c(N3CC[S@@](=O)CC[C@@H]3C)ncnc2s1. The van der Waals surface area contributed by atoms with Crippen LogP contribution >= 0.6 is 11.3 Å². The Hall–Kier alpha value is -1.01. The number of hydrogen-bond acceptors (Lipinski definition) is 5. The Bertz CT molecular complexity index is 640. The lowest BCUT2D eigenvalue weighted by molar-refractivity contribution is 0.639. The molecule has 2 aromatic heterocycles. The van der Waals surface area contributed by atoms with Crippen LogP contribution in [0.3, 0.4) is 0 Å². The second kappa shape index (κ2) is 5.77. The number of thiophene rings is 1. The van der Waals surface area contributed by atoms with Crippen molar-refractivity contribution in [3.63, 3.8) is 0 Å². The third kappa shape index (κ3) is 2.59. The van der Waals surface area contributed by atoms with Gasteiger partial charge in [0, 0.05) is 39.8 Å². The van der Waals surface area contributed by atoms with Gasteiger partial charge in [0.2, 0.25) is 0 Å². The summed E-state index contributed by atoms with van der Waals surface area (Å²) in [4.78, 5) is 13.6. The predicted octanol–water partition coefficient (Wildman–Crippen LogP) is 2.60. The molecule has 20 heavy (non-hydrogen) atoms. The summed E-state index contributed by atoms with van der Waals surface area (Å²) >= 11 is 1.74. The quantitative estimate of drug-likeness (QED) is 0.855. The molecule has 2 atom stereocenters. The molecule has 1 aliphatic rings. The summed E-state index contributed by atoms with van der Waals surface area (Å²) in [5.74, 6) is 2.55. The molecule has 0 N–H and O–H groups in total. The van der Waals surface area contributed by atoms with E-state index in [-0.39, 0.29) is 0 Å². The number of aromatic nitrogens is 2. The third-order valence-corrected chi connectivity index (χ3v) is 6.35. The second-order valence-corrected chi connectivity index (χ2v) is 7.97. The molecule has 2 aromatic rings. The Morgan fingerprint density at radius 1 is 1.45 bits per heavy atom. The van der Waals surface area contributed by atoms with Crippen LogP contribution in [0.15, 0.2) is 12.4 Å². The molecule has 1 aliphatic heterocycles. The van der Waals surface area contributed by atoms with Gasteiger partial charge in [-0.05, 0) is 25.8 Å². The van der Waals surface area contributed by atoms with Crippen LogP contribution in [-0.2, 0) is 17.2 Å². The van der Waals surface area contributed by atoms with Crippen molar-refractivity contribution in [1.82, 2.24) is 9.97 Å². The molecular formula is C14H19N3OS2. The van der Waals surface area contributed by atoms with Crippen molar-refractivity contribution >= 4 is 38.2 Å². The second-order valence-electron chi connectivity index (χ2n) is 5.16. The van der Waals surface area contributed by atoms with Gasteiger partial charge in [-0.2, -0.15) is 0 Å². The zero-order chi connectivity index (χ0) is 14.1. The van der Waals surface area contributed by atoms with Crippen LogP contribution in [-0.4, -0.2) is 38.3 Å². The smallest absolute Gasteiger partial charge is 0.141 e. The standard InChI is InChI=1S/C14H19N3OS2/c1-3-11-8-12-13(15-9-16-14(12)19-11)17-5-7-20(18)6-4-10(17)2/h8-10H,3-7H2,1-2H3/t10-,20-/m0/s1. The van der Waals surface area contributed by atoms with Gasteiger partial charge in [-0.25, -0.2) is 9.97 Å². The Balaban J connectivity index is 2.03. The maximum atomic E-state index is 11.8. The number of hydrogen-bond donors (Lipinski definition) is 0. The van der Waals surface area contributed by atoms with E-state index in [1.165, 1.54) is 4.88 Å². The monoisotopic (exact) mass is 309 g/mol. The van der Waals surface area contributed by atoms with Crippen molar-refractivity contribution in [2.45, 2.75) is 32.7 Å². The Kier molecular flexibility index (Phi) is 4.03. The molecule has 0 saturated carbocycles. The predicted molar refractivity (Wildman–Crippen MR) is 86.1 cm³/mol. The van der Waals surface area contributed by atoms with Crippen LogP contribution in [0.4, 0.5) is 5.82 Å². The molecule has 108 valence electrons. The van der Waals surface area contributed by atoms with Crippen molar-refractivity contribution in [2.24, 2.45) is 0 Å². The first-order chi connectivity index (χ1) is 9.69. The molecule has 6 heteroatoms. The first-order valence-corrected chi connectivity index (χ1v) is 9.34. The summed E-state index contributed by atoms with van der Waals surface area (Å²) in [6.07, 6.45) is 3.64. The van der Waals surface area contributed by atoms with Gasteiger partial charge in [0.1, 0.15) is 17.0 Å². The lowest BCUT2D eigenvalue weighted by Gasteiger charge is -2.28.